The number of carboxylic acid groups (broad SMARTS) is 1. The van der Waals surface area contributed by atoms with Crippen molar-refractivity contribution in [2.45, 2.75) is 31.8 Å². The number of aromatic nitrogens is 1. The maximum Gasteiger partial charge on any atom is 0.320 e. The number of rotatable bonds is 4. The summed E-state index contributed by atoms with van der Waals surface area (Å²) in [7, 11) is 0. The second-order valence-corrected chi connectivity index (χ2v) is 6.31. The summed E-state index contributed by atoms with van der Waals surface area (Å²) in [6.45, 7) is 2.88. The van der Waals surface area contributed by atoms with Crippen molar-refractivity contribution in [1.82, 2.24) is 9.88 Å². The SMILES string of the molecule is Cc1ccsc1C(c1ccccn1)N1CCCC1C(=O)O. The van der Waals surface area contributed by atoms with Crippen molar-refractivity contribution in [1.29, 1.82) is 0 Å². The molecule has 5 heteroatoms. The molecule has 4 nitrogen and oxygen atoms in total. The van der Waals surface area contributed by atoms with E-state index in [1.165, 1.54) is 10.4 Å². The Morgan fingerprint density at radius 2 is 2.33 bits per heavy atom. The monoisotopic (exact) mass is 302 g/mol. The van der Waals surface area contributed by atoms with Crippen LogP contribution in [0.1, 0.15) is 35.0 Å². The summed E-state index contributed by atoms with van der Waals surface area (Å²) in [5.74, 6) is -0.734. The van der Waals surface area contributed by atoms with E-state index in [-0.39, 0.29) is 6.04 Å². The number of likely N-dealkylation sites (tertiary alicyclic amines) is 1. The molecule has 1 N–H and O–H groups in total. The summed E-state index contributed by atoms with van der Waals surface area (Å²) >= 11 is 1.68. The van der Waals surface area contributed by atoms with Gasteiger partial charge in [-0.2, -0.15) is 0 Å². The number of pyridine rings is 1. The summed E-state index contributed by atoms with van der Waals surface area (Å²) in [6, 6.07) is 7.45. The maximum atomic E-state index is 11.5. The molecule has 0 amide bonds. The van der Waals surface area contributed by atoms with Gasteiger partial charge in [0.05, 0.1) is 11.7 Å². The quantitative estimate of drug-likeness (QED) is 0.943. The fraction of sp³-hybridized carbons (Fsp3) is 0.375. The lowest BCUT2D eigenvalue weighted by Gasteiger charge is -2.30. The molecule has 0 saturated carbocycles. The van der Waals surface area contributed by atoms with Crippen LogP contribution in [0.3, 0.4) is 0 Å². The third-order valence-electron chi connectivity index (χ3n) is 4.03. The minimum absolute atomic E-state index is 0.0604. The van der Waals surface area contributed by atoms with Crippen LogP contribution >= 0.6 is 11.3 Å². The number of hydrogen-bond acceptors (Lipinski definition) is 4. The van der Waals surface area contributed by atoms with Gasteiger partial charge < -0.3 is 5.11 Å². The van der Waals surface area contributed by atoms with Gasteiger partial charge in [0.15, 0.2) is 0 Å². The lowest BCUT2D eigenvalue weighted by molar-refractivity contribution is -0.142. The summed E-state index contributed by atoms with van der Waals surface area (Å²) in [5, 5.41) is 11.5. The van der Waals surface area contributed by atoms with E-state index in [1.807, 2.05) is 18.2 Å². The lowest BCUT2D eigenvalue weighted by atomic mass is 10.0. The Labute approximate surface area is 128 Å². The Bertz CT molecular complexity index is 626. The van der Waals surface area contributed by atoms with Gasteiger partial charge in [-0.05, 0) is 48.9 Å². The minimum atomic E-state index is -0.734. The molecule has 1 saturated heterocycles. The molecule has 1 fully saturated rings. The Morgan fingerprint density at radius 3 is 2.95 bits per heavy atom. The molecule has 1 aliphatic rings. The molecular formula is C16H18N2O2S. The molecule has 0 aromatic carbocycles. The first-order valence-corrected chi connectivity index (χ1v) is 8.00. The standard InChI is InChI=1S/C16H18N2O2S/c1-11-7-10-21-15(11)14(12-5-2-3-8-17-12)18-9-4-6-13(18)16(19)20/h2-3,5,7-8,10,13-14H,4,6,9H2,1H3,(H,19,20). The average molecular weight is 302 g/mol. The summed E-state index contributed by atoms with van der Waals surface area (Å²) in [6.07, 6.45) is 3.41. The zero-order valence-corrected chi connectivity index (χ0v) is 12.7. The molecule has 2 unspecified atom stereocenters. The fourth-order valence-electron chi connectivity index (χ4n) is 3.02. The lowest BCUT2D eigenvalue weighted by Crippen LogP contribution is -2.39. The maximum absolute atomic E-state index is 11.5. The van der Waals surface area contributed by atoms with Gasteiger partial charge in [-0.1, -0.05) is 6.07 Å². The van der Waals surface area contributed by atoms with Crippen LogP contribution in [0.15, 0.2) is 35.8 Å². The second kappa shape index (κ2) is 5.95. The Balaban J connectivity index is 2.05. The van der Waals surface area contributed by atoms with Gasteiger partial charge in [-0.25, -0.2) is 0 Å². The Kier molecular flexibility index (Phi) is 4.03. The van der Waals surface area contributed by atoms with Gasteiger partial charge in [0.25, 0.3) is 0 Å². The van der Waals surface area contributed by atoms with E-state index in [9.17, 15) is 9.90 Å². The predicted molar refractivity (Wildman–Crippen MR) is 82.5 cm³/mol. The molecule has 3 heterocycles. The van der Waals surface area contributed by atoms with Crippen LogP contribution in [-0.4, -0.2) is 33.5 Å². The van der Waals surface area contributed by atoms with E-state index in [1.54, 1.807) is 17.5 Å². The highest BCUT2D eigenvalue weighted by molar-refractivity contribution is 7.10. The number of carbonyl (C=O) groups is 1. The molecule has 2 atom stereocenters. The number of carboxylic acids is 1. The van der Waals surface area contributed by atoms with E-state index < -0.39 is 12.0 Å². The number of nitrogens with zero attached hydrogens (tertiary/aromatic N) is 2. The minimum Gasteiger partial charge on any atom is -0.480 e. The van der Waals surface area contributed by atoms with Crippen LogP contribution in [0, 0.1) is 6.92 Å². The van der Waals surface area contributed by atoms with Gasteiger partial charge >= 0.3 is 5.97 Å². The van der Waals surface area contributed by atoms with Crippen molar-refractivity contribution >= 4 is 17.3 Å². The summed E-state index contributed by atoms with van der Waals surface area (Å²) in [4.78, 5) is 19.3. The van der Waals surface area contributed by atoms with Crippen LogP contribution in [0.5, 0.6) is 0 Å². The van der Waals surface area contributed by atoms with E-state index in [0.29, 0.717) is 6.42 Å². The molecule has 0 spiro atoms. The first-order valence-electron chi connectivity index (χ1n) is 7.12. The van der Waals surface area contributed by atoms with Crippen molar-refractivity contribution in [2.75, 3.05) is 6.54 Å². The van der Waals surface area contributed by atoms with Crippen molar-refractivity contribution in [3.8, 4) is 0 Å². The van der Waals surface area contributed by atoms with Gasteiger partial charge in [0, 0.05) is 17.6 Å². The molecule has 110 valence electrons. The highest BCUT2D eigenvalue weighted by Gasteiger charge is 2.38. The zero-order chi connectivity index (χ0) is 14.8. The van der Waals surface area contributed by atoms with Crippen LogP contribution in [-0.2, 0) is 4.79 Å². The molecule has 0 radical (unpaired) electrons. The molecule has 3 rings (SSSR count). The molecule has 21 heavy (non-hydrogen) atoms. The molecule has 1 aliphatic heterocycles. The van der Waals surface area contributed by atoms with Crippen molar-refractivity contribution in [2.24, 2.45) is 0 Å². The normalized spacial score (nSPS) is 20.5. The first-order chi connectivity index (χ1) is 10.2. The van der Waals surface area contributed by atoms with E-state index in [2.05, 4.69) is 28.3 Å². The first kappa shape index (κ1) is 14.2. The molecule has 2 aromatic heterocycles. The van der Waals surface area contributed by atoms with Gasteiger partial charge in [-0.3, -0.25) is 14.7 Å². The molecule has 0 aliphatic carbocycles. The largest absolute Gasteiger partial charge is 0.480 e. The number of aryl methyl sites for hydroxylation is 1. The van der Waals surface area contributed by atoms with Gasteiger partial charge in [0.1, 0.15) is 6.04 Å². The Hall–Kier alpha value is -1.72. The highest BCUT2D eigenvalue weighted by atomic mass is 32.1. The van der Waals surface area contributed by atoms with Gasteiger partial charge in [-0.15, -0.1) is 11.3 Å². The van der Waals surface area contributed by atoms with Crippen LogP contribution in [0.25, 0.3) is 0 Å². The molecule has 0 bridgehead atoms. The zero-order valence-electron chi connectivity index (χ0n) is 11.9. The second-order valence-electron chi connectivity index (χ2n) is 5.36. The van der Waals surface area contributed by atoms with Crippen molar-refractivity contribution < 1.29 is 9.90 Å². The van der Waals surface area contributed by atoms with E-state index in [0.717, 1.165) is 18.7 Å². The van der Waals surface area contributed by atoms with Crippen LogP contribution in [0.4, 0.5) is 0 Å². The van der Waals surface area contributed by atoms with E-state index in [4.69, 9.17) is 0 Å². The number of hydrogen-bond donors (Lipinski definition) is 1. The summed E-state index contributed by atoms with van der Waals surface area (Å²) in [5.41, 5.74) is 2.13. The molecule has 2 aromatic rings. The predicted octanol–water partition coefficient (Wildman–Crippen LogP) is 3.09. The Morgan fingerprint density at radius 1 is 1.48 bits per heavy atom. The summed E-state index contributed by atoms with van der Waals surface area (Å²) < 4.78 is 0. The third kappa shape index (κ3) is 2.71. The average Bonchev–Trinajstić information content (AvgIpc) is 3.11. The topological polar surface area (TPSA) is 53.4 Å². The number of thiophene rings is 1. The van der Waals surface area contributed by atoms with Crippen molar-refractivity contribution in [3.63, 3.8) is 0 Å². The van der Waals surface area contributed by atoms with E-state index >= 15 is 0 Å². The fourth-order valence-corrected chi connectivity index (χ4v) is 4.08. The smallest absolute Gasteiger partial charge is 0.320 e. The molecular weight excluding hydrogens is 284 g/mol. The number of aliphatic carboxylic acids is 1. The van der Waals surface area contributed by atoms with Crippen molar-refractivity contribution in [3.05, 3.63) is 52.0 Å². The van der Waals surface area contributed by atoms with Crippen LogP contribution in [0.2, 0.25) is 0 Å². The van der Waals surface area contributed by atoms with Gasteiger partial charge in [0.2, 0.25) is 0 Å². The third-order valence-corrected chi connectivity index (χ3v) is 5.10. The highest BCUT2D eigenvalue weighted by Crippen LogP contribution is 2.37. The van der Waals surface area contributed by atoms with Crippen LogP contribution < -0.4 is 0 Å².